The molecule has 1 aliphatic heterocycles. The van der Waals surface area contributed by atoms with Crippen LogP contribution in [0.2, 0.25) is 0 Å². The Hall–Kier alpha value is -0.550. The number of nitrogens with one attached hydrogen (secondary N) is 1. The van der Waals surface area contributed by atoms with E-state index in [-0.39, 0.29) is 6.04 Å². The zero-order chi connectivity index (χ0) is 13.3. The maximum Gasteiger partial charge on any atom is 0.157 e. The van der Waals surface area contributed by atoms with Gasteiger partial charge in [0.2, 0.25) is 0 Å². The van der Waals surface area contributed by atoms with Gasteiger partial charge in [0.05, 0.1) is 0 Å². The van der Waals surface area contributed by atoms with E-state index >= 15 is 0 Å². The molecule has 1 aliphatic carbocycles. The third-order valence-electron chi connectivity index (χ3n) is 4.01. The van der Waals surface area contributed by atoms with Crippen LogP contribution in [0, 0.1) is 0 Å². The zero-order valence-corrected chi connectivity index (χ0v) is 13.2. The Morgan fingerprint density at radius 2 is 2.26 bits per heavy atom. The van der Waals surface area contributed by atoms with Gasteiger partial charge in [-0.2, -0.15) is 0 Å². The Bertz CT molecular complexity index is 475. The number of hydrogen-bond acceptors (Lipinski definition) is 4. The molecular formula is C14H21N3S2. The fourth-order valence-corrected chi connectivity index (χ4v) is 4.95. The van der Waals surface area contributed by atoms with Crippen LogP contribution in [0.15, 0.2) is 11.2 Å². The molecule has 2 heterocycles. The lowest BCUT2D eigenvalue weighted by Gasteiger charge is -2.21. The highest BCUT2D eigenvalue weighted by molar-refractivity contribution is 8.14. The standard InChI is InChI=1S/C14H21N3S2/c1-3-11-8-15-12(19-11)10(2)16-13-17-14(9-18-13)6-4-5-7-14/h8,10H,3-7,9H2,1-2H3,(H,16,17). The summed E-state index contributed by atoms with van der Waals surface area (Å²) in [5.41, 5.74) is 0.362. The van der Waals surface area contributed by atoms with E-state index in [1.54, 1.807) is 11.3 Å². The van der Waals surface area contributed by atoms with Crippen LogP contribution in [-0.2, 0) is 6.42 Å². The Morgan fingerprint density at radius 1 is 1.47 bits per heavy atom. The van der Waals surface area contributed by atoms with Gasteiger partial charge in [-0.05, 0) is 26.2 Å². The van der Waals surface area contributed by atoms with Gasteiger partial charge in [-0.15, -0.1) is 11.3 Å². The molecule has 1 saturated heterocycles. The quantitative estimate of drug-likeness (QED) is 0.922. The highest BCUT2D eigenvalue weighted by Crippen LogP contribution is 2.38. The summed E-state index contributed by atoms with van der Waals surface area (Å²) in [5, 5.41) is 5.94. The fraction of sp³-hybridized carbons (Fsp3) is 0.714. The van der Waals surface area contributed by atoms with Crippen LogP contribution >= 0.6 is 23.1 Å². The maximum absolute atomic E-state index is 4.83. The molecule has 2 aliphatic rings. The molecule has 1 unspecified atom stereocenters. The maximum atomic E-state index is 4.83. The highest BCUT2D eigenvalue weighted by atomic mass is 32.2. The smallest absolute Gasteiger partial charge is 0.157 e. The van der Waals surface area contributed by atoms with Crippen molar-refractivity contribution in [3.8, 4) is 0 Å². The lowest BCUT2D eigenvalue weighted by molar-refractivity contribution is 0.452. The van der Waals surface area contributed by atoms with Gasteiger partial charge in [0.25, 0.3) is 0 Å². The van der Waals surface area contributed by atoms with E-state index in [0.29, 0.717) is 5.54 Å². The zero-order valence-electron chi connectivity index (χ0n) is 11.6. The van der Waals surface area contributed by atoms with Crippen molar-refractivity contribution in [1.29, 1.82) is 0 Å². The van der Waals surface area contributed by atoms with Crippen molar-refractivity contribution >= 4 is 28.3 Å². The number of amidine groups is 1. The summed E-state index contributed by atoms with van der Waals surface area (Å²) in [6.45, 7) is 4.32. The molecule has 1 spiro atoms. The number of rotatable bonds is 3. The summed E-state index contributed by atoms with van der Waals surface area (Å²) in [6.07, 6.45) is 8.40. The van der Waals surface area contributed by atoms with Crippen LogP contribution in [0.25, 0.3) is 0 Å². The molecular weight excluding hydrogens is 274 g/mol. The molecule has 104 valence electrons. The Balaban J connectivity index is 1.68. The van der Waals surface area contributed by atoms with Gasteiger partial charge in [-0.25, -0.2) is 4.98 Å². The summed E-state index contributed by atoms with van der Waals surface area (Å²) in [5.74, 6) is 1.19. The second kappa shape index (κ2) is 5.44. The summed E-state index contributed by atoms with van der Waals surface area (Å²) >= 11 is 3.68. The van der Waals surface area contributed by atoms with Crippen molar-refractivity contribution in [1.82, 2.24) is 10.3 Å². The molecule has 0 aromatic carbocycles. The van der Waals surface area contributed by atoms with E-state index in [1.807, 2.05) is 18.0 Å². The molecule has 1 N–H and O–H groups in total. The summed E-state index contributed by atoms with van der Waals surface area (Å²) in [7, 11) is 0. The van der Waals surface area contributed by atoms with Crippen molar-refractivity contribution in [3.05, 3.63) is 16.1 Å². The number of aliphatic imine (C=N–C) groups is 1. The van der Waals surface area contributed by atoms with Crippen LogP contribution < -0.4 is 5.32 Å². The van der Waals surface area contributed by atoms with Gasteiger partial charge in [0, 0.05) is 22.4 Å². The minimum atomic E-state index is 0.178. The summed E-state index contributed by atoms with van der Waals surface area (Å²) < 4.78 is 0. The third kappa shape index (κ3) is 2.82. The van der Waals surface area contributed by atoms with Gasteiger partial charge >= 0.3 is 0 Å². The number of aromatic nitrogens is 1. The normalized spacial score (nSPS) is 25.1. The van der Waals surface area contributed by atoms with E-state index in [2.05, 4.69) is 24.1 Å². The predicted octanol–water partition coefficient (Wildman–Crippen LogP) is 3.77. The summed E-state index contributed by atoms with van der Waals surface area (Å²) in [6, 6.07) is 0.178. The molecule has 1 atom stereocenters. The van der Waals surface area contributed by atoms with E-state index < -0.39 is 0 Å². The monoisotopic (exact) mass is 295 g/mol. The summed E-state index contributed by atoms with van der Waals surface area (Å²) in [4.78, 5) is 10.7. The van der Waals surface area contributed by atoms with Crippen LogP contribution in [-0.4, -0.2) is 21.4 Å². The number of thiazole rings is 1. The topological polar surface area (TPSA) is 37.3 Å². The number of nitrogens with zero attached hydrogens (tertiary/aromatic N) is 2. The third-order valence-corrected chi connectivity index (χ3v) is 6.50. The first-order valence-electron chi connectivity index (χ1n) is 7.14. The van der Waals surface area contributed by atoms with Gasteiger partial charge < -0.3 is 5.32 Å². The minimum Gasteiger partial charge on any atom is -0.359 e. The second-order valence-corrected chi connectivity index (χ2v) is 7.64. The fourth-order valence-electron chi connectivity index (χ4n) is 2.81. The van der Waals surface area contributed by atoms with Crippen molar-refractivity contribution in [3.63, 3.8) is 0 Å². The molecule has 1 saturated carbocycles. The van der Waals surface area contributed by atoms with Crippen LogP contribution in [0.4, 0.5) is 0 Å². The Labute approximate surface area is 123 Å². The van der Waals surface area contributed by atoms with E-state index in [0.717, 1.165) is 16.6 Å². The van der Waals surface area contributed by atoms with Gasteiger partial charge in [-0.1, -0.05) is 31.5 Å². The van der Waals surface area contributed by atoms with Crippen molar-refractivity contribution in [2.45, 2.75) is 57.5 Å². The highest BCUT2D eigenvalue weighted by Gasteiger charge is 2.39. The van der Waals surface area contributed by atoms with Crippen molar-refractivity contribution < 1.29 is 0 Å². The molecule has 19 heavy (non-hydrogen) atoms. The largest absolute Gasteiger partial charge is 0.359 e. The average Bonchev–Trinajstić information content (AvgIpc) is 3.13. The van der Waals surface area contributed by atoms with Gasteiger partial charge in [0.15, 0.2) is 5.17 Å². The lowest BCUT2D eigenvalue weighted by Crippen LogP contribution is -2.40. The SMILES string of the molecule is CCc1cnc(C(C)N=C2NC3(CCCC3)CS2)s1. The second-order valence-electron chi connectivity index (χ2n) is 5.53. The molecule has 3 nitrogen and oxygen atoms in total. The molecule has 0 amide bonds. The van der Waals surface area contributed by atoms with Crippen LogP contribution in [0.5, 0.6) is 0 Å². The Kier molecular flexibility index (Phi) is 3.85. The van der Waals surface area contributed by atoms with Crippen LogP contribution in [0.3, 0.4) is 0 Å². The minimum absolute atomic E-state index is 0.178. The van der Waals surface area contributed by atoms with Crippen molar-refractivity contribution in [2.75, 3.05) is 5.75 Å². The molecule has 5 heteroatoms. The first-order chi connectivity index (χ1) is 9.21. The van der Waals surface area contributed by atoms with Crippen LogP contribution in [0.1, 0.15) is 55.5 Å². The molecule has 2 fully saturated rings. The Morgan fingerprint density at radius 3 is 2.95 bits per heavy atom. The molecule has 1 aromatic rings. The van der Waals surface area contributed by atoms with E-state index in [1.165, 1.54) is 36.3 Å². The number of aryl methyl sites for hydroxylation is 1. The first-order valence-corrected chi connectivity index (χ1v) is 8.94. The number of thioether (sulfide) groups is 1. The van der Waals surface area contributed by atoms with E-state index in [9.17, 15) is 0 Å². The number of hydrogen-bond donors (Lipinski definition) is 1. The first kappa shape index (κ1) is 13.4. The van der Waals surface area contributed by atoms with Gasteiger partial charge in [0.1, 0.15) is 11.0 Å². The molecule has 1 aromatic heterocycles. The van der Waals surface area contributed by atoms with Crippen molar-refractivity contribution in [2.24, 2.45) is 4.99 Å². The molecule has 3 rings (SSSR count). The molecule has 0 radical (unpaired) electrons. The molecule has 0 bridgehead atoms. The predicted molar refractivity (Wildman–Crippen MR) is 84.1 cm³/mol. The van der Waals surface area contributed by atoms with Gasteiger partial charge in [-0.3, -0.25) is 4.99 Å². The van der Waals surface area contributed by atoms with E-state index in [4.69, 9.17) is 4.99 Å². The lowest BCUT2D eigenvalue weighted by atomic mass is 10.0. The average molecular weight is 295 g/mol.